The fourth-order valence-electron chi connectivity index (χ4n) is 1.37. The number of hydrogen-bond donors (Lipinski definition) is 3. The van der Waals surface area contributed by atoms with Crippen molar-refractivity contribution >= 4 is 11.8 Å². The van der Waals surface area contributed by atoms with Crippen LogP contribution >= 0.6 is 0 Å². The summed E-state index contributed by atoms with van der Waals surface area (Å²) in [5.74, 6) is -0.00209. The van der Waals surface area contributed by atoms with E-state index in [2.05, 4.69) is 10.6 Å². The van der Waals surface area contributed by atoms with Gasteiger partial charge in [-0.3, -0.25) is 9.59 Å². The Bertz CT molecular complexity index is 234. The zero-order valence-corrected chi connectivity index (χ0v) is 11.0. The van der Waals surface area contributed by atoms with Gasteiger partial charge in [0, 0.05) is 26.4 Å². The third-order valence-electron chi connectivity index (χ3n) is 2.26. The Hall–Kier alpha value is -1.14. The molecule has 3 N–H and O–H groups in total. The summed E-state index contributed by atoms with van der Waals surface area (Å²) in [5.41, 5.74) is 0. The third kappa shape index (κ3) is 12.9. The van der Waals surface area contributed by atoms with E-state index in [1.165, 1.54) is 6.92 Å². The predicted molar refractivity (Wildman–Crippen MR) is 68.1 cm³/mol. The van der Waals surface area contributed by atoms with Crippen LogP contribution < -0.4 is 10.6 Å². The first-order valence-electron chi connectivity index (χ1n) is 6.36. The first-order chi connectivity index (χ1) is 8.66. The molecule has 0 fully saturated rings. The molecular formula is C12H24N2O4. The Labute approximate surface area is 108 Å². The van der Waals surface area contributed by atoms with E-state index in [1.807, 2.05) is 0 Å². The maximum absolute atomic E-state index is 11.3. The largest absolute Gasteiger partial charge is 0.394 e. The van der Waals surface area contributed by atoms with Gasteiger partial charge in [0.1, 0.15) is 0 Å². The molecule has 0 spiro atoms. The molecule has 2 amide bonds. The van der Waals surface area contributed by atoms with Crippen molar-refractivity contribution in [3.8, 4) is 0 Å². The van der Waals surface area contributed by atoms with E-state index in [0.29, 0.717) is 32.7 Å². The van der Waals surface area contributed by atoms with E-state index >= 15 is 0 Å². The lowest BCUT2D eigenvalue weighted by atomic mass is 10.2. The van der Waals surface area contributed by atoms with Crippen molar-refractivity contribution in [2.45, 2.75) is 32.6 Å². The Morgan fingerprint density at radius 2 is 1.83 bits per heavy atom. The molecule has 0 atom stereocenters. The molecule has 0 heterocycles. The lowest BCUT2D eigenvalue weighted by Gasteiger charge is -2.05. The van der Waals surface area contributed by atoms with Crippen molar-refractivity contribution in [1.29, 1.82) is 0 Å². The molecule has 0 bridgehead atoms. The molecule has 0 saturated carbocycles. The lowest BCUT2D eigenvalue weighted by molar-refractivity contribution is -0.121. The highest BCUT2D eigenvalue weighted by Gasteiger charge is 2.00. The van der Waals surface area contributed by atoms with Gasteiger partial charge in [-0.05, 0) is 12.8 Å². The first-order valence-corrected chi connectivity index (χ1v) is 6.36. The monoisotopic (exact) mass is 260 g/mol. The van der Waals surface area contributed by atoms with Crippen molar-refractivity contribution in [2.24, 2.45) is 0 Å². The molecular weight excluding hydrogens is 236 g/mol. The topological polar surface area (TPSA) is 87.7 Å². The number of ether oxygens (including phenoxy) is 1. The molecule has 0 rings (SSSR count). The smallest absolute Gasteiger partial charge is 0.220 e. The lowest BCUT2D eigenvalue weighted by Crippen LogP contribution is -2.27. The minimum absolute atomic E-state index is 0.00223. The van der Waals surface area contributed by atoms with Gasteiger partial charge in [0.15, 0.2) is 0 Å². The summed E-state index contributed by atoms with van der Waals surface area (Å²) >= 11 is 0. The quantitative estimate of drug-likeness (QED) is 0.449. The SMILES string of the molecule is CC(=O)NCCCCCC(=O)NCCOCCO. The molecule has 0 radical (unpaired) electrons. The van der Waals surface area contributed by atoms with Crippen LogP contribution in [0.5, 0.6) is 0 Å². The molecule has 18 heavy (non-hydrogen) atoms. The zero-order chi connectivity index (χ0) is 13.6. The van der Waals surface area contributed by atoms with Crippen LogP contribution in [0.25, 0.3) is 0 Å². The molecule has 0 aliphatic carbocycles. The van der Waals surface area contributed by atoms with E-state index in [9.17, 15) is 9.59 Å². The van der Waals surface area contributed by atoms with Crippen molar-refractivity contribution in [3.63, 3.8) is 0 Å². The number of nitrogens with one attached hydrogen (secondary N) is 2. The second-order valence-corrected chi connectivity index (χ2v) is 3.98. The molecule has 0 saturated heterocycles. The van der Waals surface area contributed by atoms with Crippen molar-refractivity contribution in [1.82, 2.24) is 10.6 Å². The van der Waals surface area contributed by atoms with Gasteiger partial charge in [0.2, 0.25) is 11.8 Å². The van der Waals surface area contributed by atoms with Crippen LogP contribution in [0.1, 0.15) is 32.6 Å². The standard InChI is InChI=1S/C12H24N2O4/c1-11(16)13-6-4-2-3-5-12(17)14-7-9-18-10-8-15/h15H,2-10H2,1H3,(H,13,16)(H,14,17). The van der Waals surface area contributed by atoms with E-state index in [-0.39, 0.29) is 18.4 Å². The Kier molecular flexibility index (Phi) is 11.5. The van der Waals surface area contributed by atoms with Gasteiger partial charge < -0.3 is 20.5 Å². The normalized spacial score (nSPS) is 10.1. The fourth-order valence-corrected chi connectivity index (χ4v) is 1.37. The average Bonchev–Trinajstić information content (AvgIpc) is 2.33. The Balaban J connectivity index is 3.19. The third-order valence-corrected chi connectivity index (χ3v) is 2.26. The first kappa shape index (κ1) is 16.9. The number of rotatable bonds is 11. The summed E-state index contributed by atoms with van der Waals surface area (Å²) in [6, 6.07) is 0. The molecule has 0 unspecified atom stereocenters. The second kappa shape index (κ2) is 12.3. The second-order valence-electron chi connectivity index (χ2n) is 3.98. The molecule has 0 aliphatic rings. The highest BCUT2D eigenvalue weighted by molar-refractivity contribution is 5.75. The molecule has 0 aromatic rings. The molecule has 0 aromatic heterocycles. The summed E-state index contributed by atoms with van der Waals surface area (Å²) in [7, 11) is 0. The van der Waals surface area contributed by atoms with Gasteiger partial charge in [-0.1, -0.05) is 6.42 Å². The summed E-state index contributed by atoms with van der Waals surface area (Å²) in [6.07, 6.45) is 3.14. The predicted octanol–water partition coefficient (Wildman–Crippen LogP) is -0.192. The minimum atomic E-state index is -0.0179. The Morgan fingerprint density at radius 3 is 2.50 bits per heavy atom. The van der Waals surface area contributed by atoms with Crippen LogP contribution in [0.3, 0.4) is 0 Å². The van der Waals surface area contributed by atoms with E-state index in [1.54, 1.807) is 0 Å². The molecule has 6 heteroatoms. The average molecular weight is 260 g/mol. The number of hydrogen-bond acceptors (Lipinski definition) is 4. The summed E-state index contributed by atoms with van der Waals surface area (Å²) in [5, 5.41) is 13.9. The van der Waals surface area contributed by atoms with Crippen LogP contribution in [0.4, 0.5) is 0 Å². The van der Waals surface area contributed by atoms with Gasteiger partial charge >= 0.3 is 0 Å². The highest BCUT2D eigenvalue weighted by atomic mass is 16.5. The minimum Gasteiger partial charge on any atom is -0.394 e. The molecule has 6 nitrogen and oxygen atoms in total. The maximum atomic E-state index is 11.3. The molecule has 0 aromatic carbocycles. The van der Waals surface area contributed by atoms with Gasteiger partial charge in [0.25, 0.3) is 0 Å². The number of aliphatic hydroxyl groups is 1. The van der Waals surface area contributed by atoms with E-state index < -0.39 is 0 Å². The molecule has 106 valence electrons. The van der Waals surface area contributed by atoms with Gasteiger partial charge in [0.05, 0.1) is 19.8 Å². The van der Waals surface area contributed by atoms with Crippen molar-refractivity contribution in [2.75, 3.05) is 32.9 Å². The highest BCUT2D eigenvalue weighted by Crippen LogP contribution is 1.98. The van der Waals surface area contributed by atoms with Crippen LogP contribution in [-0.2, 0) is 14.3 Å². The molecule has 0 aliphatic heterocycles. The van der Waals surface area contributed by atoms with Gasteiger partial charge in [-0.15, -0.1) is 0 Å². The Morgan fingerprint density at radius 1 is 1.06 bits per heavy atom. The van der Waals surface area contributed by atoms with Gasteiger partial charge in [-0.25, -0.2) is 0 Å². The fraction of sp³-hybridized carbons (Fsp3) is 0.833. The number of unbranched alkanes of at least 4 members (excludes halogenated alkanes) is 2. The van der Waals surface area contributed by atoms with E-state index in [4.69, 9.17) is 9.84 Å². The van der Waals surface area contributed by atoms with Gasteiger partial charge in [-0.2, -0.15) is 0 Å². The maximum Gasteiger partial charge on any atom is 0.220 e. The number of carbonyl (C=O) groups is 2. The number of carbonyl (C=O) groups excluding carboxylic acids is 2. The summed E-state index contributed by atoms with van der Waals surface area (Å²) in [4.78, 5) is 21.9. The van der Waals surface area contributed by atoms with E-state index in [0.717, 1.165) is 19.3 Å². The zero-order valence-electron chi connectivity index (χ0n) is 11.0. The van der Waals surface area contributed by atoms with Crippen molar-refractivity contribution in [3.05, 3.63) is 0 Å². The van der Waals surface area contributed by atoms with Crippen LogP contribution in [0, 0.1) is 0 Å². The van der Waals surface area contributed by atoms with Crippen LogP contribution in [0.15, 0.2) is 0 Å². The van der Waals surface area contributed by atoms with Crippen molar-refractivity contribution < 1.29 is 19.4 Å². The van der Waals surface area contributed by atoms with Crippen LogP contribution in [-0.4, -0.2) is 49.8 Å². The van der Waals surface area contributed by atoms with Crippen LogP contribution in [0.2, 0.25) is 0 Å². The summed E-state index contributed by atoms with van der Waals surface area (Å²) < 4.78 is 5.01. The number of aliphatic hydroxyl groups excluding tert-OH is 1. The number of amides is 2. The summed E-state index contributed by atoms with van der Waals surface area (Å²) in [6.45, 7) is 3.37.